The van der Waals surface area contributed by atoms with Crippen LogP contribution >= 0.6 is 0 Å². The number of nitrogens with two attached hydrogens (primary N) is 1. The summed E-state index contributed by atoms with van der Waals surface area (Å²) in [5.74, 6) is -3.99. The van der Waals surface area contributed by atoms with E-state index in [-0.39, 0.29) is 12.3 Å². The number of carboxylic acids is 1. The standard InChI is InChI=1S/C21H32N4O7/c1-11(2)16(22)20(30)24-15(10-26)19(29)23-14(9-13-7-5-4-6-8-13)18(28)25-17(12(3)27)21(31)32/h4-8,11-12,14-17,26-27H,9-10,22H2,1-3H3,(H,23,29)(H,24,30)(H,25,28)(H,31,32). The molecule has 0 saturated heterocycles. The molecule has 3 amide bonds. The Balaban J connectivity index is 3.02. The topological polar surface area (TPSA) is 191 Å². The van der Waals surface area contributed by atoms with Crippen molar-refractivity contribution in [3.8, 4) is 0 Å². The van der Waals surface area contributed by atoms with E-state index in [1.807, 2.05) is 0 Å². The van der Waals surface area contributed by atoms with Crippen LogP contribution in [0.25, 0.3) is 0 Å². The molecule has 0 radical (unpaired) electrons. The fourth-order valence-electron chi connectivity index (χ4n) is 2.74. The van der Waals surface area contributed by atoms with Gasteiger partial charge in [0.15, 0.2) is 6.04 Å². The van der Waals surface area contributed by atoms with Gasteiger partial charge in [-0.25, -0.2) is 4.79 Å². The van der Waals surface area contributed by atoms with Crippen molar-refractivity contribution < 1.29 is 34.5 Å². The van der Waals surface area contributed by atoms with Gasteiger partial charge in [-0.2, -0.15) is 0 Å². The van der Waals surface area contributed by atoms with Gasteiger partial charge in [-0.15, -0.1) is 0 Å². The molecule has 32 heavy (non-hydrogen) atoms. The molecule has 0 heterocycles. The molecular formula is C21H32N4O7. The van der Waals surface area contributed by atoms with Gasteiger partial charge in [-0.1, -0.05) is 44.2 Å². The zero-order chi connectivity index (χ0) is 24.4. The Kier molecular flexibility index (Phi) is 10.8. The normalized spacial score (nSPS) is 15.7. The van der Waals surface area contributed by atoms with E-state index in [0.29, 0.717) is 5.56 Å². The molecule has 0 aromatic heterocycles. The van der Waals surface area contributed by atoms with Crippen LogP contribution in [-0.2, 0) is 25.6 Å². The Morgan fingerprint density at radius 1 is 0.906 bits per heavy atom. The average molecular weight is 453 g/mol. The van der Waals surface area contributed by atoms with E-state index in [1.54, 1.807) is 44.2 Å². The first-order valence-corrected chi connectivity index (χ1v) is 10.2. The summed E-state index contributed by atoms with van der Waals surface area (Å²) in [5, 5.41) is 35.4. The van der Waals surface area contributed by atoms with Crippen molar-refractivity contribution >= 4 is 23.7 Å². The van der Waals surface area contributed by atoms with Crippen molar-refractivity contribution in [2.24, 2.45) is 11.7 Å². The van der Waals surface area contributed by atoms with Crippen LogP contribution in [0.4, 0.5) is 0 Å². The number of amides is 3. The number of carboxylic acid groups (broad SMARTS) is 1. The highest BCUT2D eigenvalue weighted by Crippen LogP contribution is 2.06. The molecule has 0 aliphatic carbocycles. The van der Waals surface area contributed by atoms with Crippen LogP contribution in [0.5, 0.6) is 0 Å². The Hall–Kier alpha value is -3.02. The highest BCUT2D eigenvalue weighted by molar-refractivity contribution is 5.94. The lowest BCUT2D eigenvalue weighted by Crippen LogP contribution is -2.59. The first-order chi connectivity index (χ1) is 15.0. The lowest BCUT2D eigenvalue weighted by molar-refractivity contribution is -0.145. The van der Waals surface area contributed by atoms with Crippen molar-refractivity contribution in [1.82, 2.24) is 16.0 Å². The number of benzene rings is 1. The van der Waals surface area contributed by atoms with Gasteiger partial charge < -0.3 is 37.0 Å². The van der Waals surface area contributed by atoms with Crippen molar-refractivity contribution in [1.29, 1.82) is 0 Å². The summed E-state index contributed by atoms with van der Waals surface area (Å²) in [4.78, 5) is 48.9. The number of aliphatic hydroxyl groups excluding tert-OH is 2. The minimum Gasteiger partial charge on any atom is -0.480 e. The van der Waals surface area contributed by atoms with E-state index in [9.17, 15) is 34.5 Å². The van der Waals surface area contributed by atoms with Crippen LogP contribution in [0, 0.1) is 5.92 Å². The van der Waals surface area contributed by atoms with Gasteiger partial charge in [0, 0.05) is 6.42 Å². The van der Waals surface area contributed by atoms with Crippen LogP contribution in [0.2, 0.25) is 0 Å². The molecule has 0 bridgehead atoms. The lowest BCUT2D eigenvalue weighted by Gasteiger charge is -2.25. The predicted molar refractivity (Wildman–Crippen MR) is 115 cm³/mol. The largest absolute Gasteiger partial charge is 0.480 e. The van der Waals surface area contributed by atoms with Gasteiger partial charge >= 0.3 is 5.97 Å². The van der Waals surface area contributed by atoms with E-state index in [0.717, 1.165) is 0 Å². The maximum atomic E-state index is 12.8. The van der Waals surface area contributed by atoms with Gasteiger partial charge in [0.05, 0.1) is 18.8 Å². The number of aliphatic hydroxyl groups is 2. The van der Waals surface area contributed by atoms with E-state index in [1.165, 1.54) is 6.92 Å². The Bertz CT molecular complexity index is 786. The molecule has 0 fully saturated rings. The molecule has 8 N–H and O–H groups in total. The molecule has 0 aliphatic rings. The van der Waals surface area contributed by atoms with Crippen LogP contribution < -0.4 is 21.7 Å². The number of nitrogens with one attached hydrogen (secondary N) is 3. The molecule has 11 nitrogen and oxygen atoms in total. The molecule has 0 saturated carbocycles. The predicted octanol–water partition coefficient (Wildman–Crippen LogP) is -1.88. The summed E-state index contributed by atoms with van der Waals surface area (Å²) in [6.45, 7) is 3.91. The maximum Gasteiger partial charge on any atom is 0.328 e. The van der Waals surface area contributed by atoms with Crippen LogP contribution in [0.15, 0.2) is 30.3 Å². The van der Waals surface area contributed by atoms with E-state index in [2.05, 4.69) is 16.0 Å². The third-order valence-electron chi connectivity index (χ3n) is 4.80. The molecule has 0 spiro atoms. The van der Waals surface area contributed by atoms with Gasteiger partial charge in [-0.05, 0) is 18.4 Å². The average Bonchev–Trinajstić information content (AvgIpc) is 2.74. The van der Waals surface area contributed by atoms with Crippen LogP contribution in [0.3, 0.4) is 0 Å². The number of rotatable bonds is 12. The Morgan fingerprint density at radius 3 is 1.91 bits per heavy atom. The maximum absolute atomic E-state index is 12.8. The third kappa shape index (κ3) is 8.25. The number of aliphatic carboxylic acids is 1. The SMILES string of the molecule is CC(C)C(N)C(=O)NC(CO)C(=O)NC(Cc1ccccc1)C(=O)NC(C(=O)O)C(C)O. The lowest BCUT2D eigenvalue weighted by atomic mass is 10.0. The third-order valence-corrected chi connectivity index (χ3v) is 4.80. The first-order valence-electron chi connectivity index (χ1n) is 10.2. The van der Waals surface area contributed by atoms with Gasteiger partial charge in [0.25, 0.3) is 0 Å². The zero-order valence-electron chi connectivity index (χ0n) is 18.3. The smallest absolute Gasteiger partial charge is 0.328 e. The number of hydrogen-bond acceptors (Lipinski definition) is 7. The Labute approximate surface area is 186 Å². The summed E-state index contributed by atoms with van der Waals surface area (Å²) < 4.78 is 0. The molecule has 1 aromatic carbocycles. The summed E-state index contributed by atoms with van der Waals surface area (Å²) in [7, 11) is 0. The summed E-state index contributed by atoms with van der Waals surface area (Å²) in [6.07, 6.45) is -1.38. The zero-order valence-corrected chi connectivity index (χ0v) is 18.3. The highest BCUT2D eigenvalue weighted by atomic mass is 16.4. The van der Waals surface area contributed by atoms with Gasteiger partial charge in [-0.3, -0.25) is 14.4 Å². The van der Waals surface area contributed by atoms with E-state index < -0.39 is 60.6 Å². The minimum atomic E-state index is -1.59. The fourth-order valence-corrected chi connectivity index (χ4v) is 2.74. The van der Waals surface area contributed by atoms with Crippen molar-refractivity contribution in [3.63, 3.8) is 0 Å². The highest BCUT2D eigenvalue weighted by Gasteiger charge is 2.32. The molecule has 1 rings (SSSR count). The quantitative estimate of drug-likeness (QED) is 0.192. The first kappa shape index (κ1) is 27.0. The monoisotopic (exact) mass is 452 g/mol. The van der Waals surface area contributed by atoms with Crippen LogP contribution in [-0.4, -0.2) is 75.9 Å². The summed E-state index contributed by atoms with van der Waals surface area (Å²) in [6, 6.07) is 3.54. The molecule has 0 aliphatic heterocycles. The number of hydrogen-bond donors (Lipinski definition) is 7. The number of carbonyl (C=O) groups excluding carboxylic acids is 3. The second-order valence-corrected chi connectivity index (χ2v) is 7.83. The number of carbonyl (C=O) groups is 4. The van der Waals surface area contributed by atoms with Crippen molar-refractivity contribution in [3.05, 3.63) is 35.9 Å². The molecule has 11 heteroatoms. The summed E-state index contributed by atoms with van der Waals surface area (Å²) >= 11 is 0. The molecule has 5 unspecified atom stereocenters. The second-order valence-electron chi connectivity index (χ2n) is 7.83. The van der Waals surface area contributed by atoms with Crippen LogP contribution in [0.1, 0.15) is 26.3 Å². The van der Waals surface area contributed by atoms with Crippen molar-refractivity contribution in [2.45, 2.75) is 57.5 Å². The molecule has 5 atom stereocenters. The fraction of sp³-hybridized carbons (Fsp3) is 0.524. The molecule has 1 aromatic rings. The molecular weight excluding hydrogens is 420 g/mol. The minimum absolute atomic E-state index is 0.00215. The van der Waals surface area contributed by atoms with Crippen molar-refractivity contribution in [2.75, 3.05) is 6.61 Å². The molecule has 178 valence electrons. The van der Waals surface area contributed by atoms with Gasteiger partial charge in [0.2, 0.25) is 17.7 Å². The van der Waals surface area contributed by atoms with Gasteiger partial charge in [0.1, 0.15) is 12.1 Å². The Morgan fingerprint density at radius 2 is 1.44 bits per heavy atom. The second kappa shape index (κ2) is 12.7. The van der Waals surface area contributed by atoms with E-state index in [4.69, 9.17) is 5.73 Å². The van der Waals surface area contributed by atoms with E-state index >= 15 is 0 Å². The summed E-state index contributed by atoms with van der Waals surface area (Å²) in [5.41, 5.74) is 6.43.